The molecule has 0 saturated carbocycles. The number of carbonyl (C=O) groups excluding carboxylic acids is 1. The van der Waals surface area contributed by atoms with Gasteiger partial charge in [-0.15, -0.1) is 0 Å². The van der Waals surface area contributed by atoms with Gasteiger partial charge in [-0.25, -0.2) is 0 Å². The van der Waals surface area contributed by atoms with Gasteiger partial charge in [-0.1, -0.05) is 0 Å². The average Bonchev–Trinajstić information content (AvgIpc) is 0.918. The van der Waals surface area contributed by atoms with Crippen molar-refractivity contribution in [3.8, 4) is 0 Å². The smallest absolute Gasteiger partial charge is 0 e. The summed E-state index contributed by atoms with van der Waals surface area (Å²) in [6.07, 6.45) is 1.50. The summed E-state index contributed by atoms with van der Waals surface area (Å²) in [5, 5.41) is 0. The molecule has 0 bridgehead atoms. The van der Waals surface area contributed by atoms with Crippen LogP contribution in [-0.2, 0) is 48.2 Å². The molecule has 0 spiro atoms. The van der Waals surface area contributed by atoms with Crippen molar-refractivity contribution >= 4 is 6.29 Å². The van der Waals surface area contributed by atoms with Crippen LogP contribution in [0.3, 0.4) is 0 Å². The van der Waals surface area contributed by atoms with Gasteiger partial charge in [0.05, 0.1) is 0 Å². The van der Waals surface area contributed by atoms with Crippen LogP contribution >= 0.6 is 0 Å². The minimum Gasteiger partial charge on any atom is -0.542 e. The molecule has 0 aliphatic rings. The van der Waals surface area contributed by atoms with Gasteiger partial charge in [0.1, 0.15) is 0 Å². The van der Waals surface area contributed by atoms with Gasteiger partial charge in [0, 0.05) is 43.4 Å². The fourth-order valence-corrected chi connectivity index (χ4v) is 0. The Balaban J connectivity index is -0.0000000200. The second-order valence-electron chi connectivity index (χ2n) is 0.204. The van der Waals surface area contributed by atoms with Gasteiger partial charge in [0.2, 0.25) is 0 Å². The third-order valence-corrected chi connectivity index (χ3v) is 0. The predicted octanol–water partition coefficient (Wildman–Crippen LogP) is 0.111. The Kier molecular flexibility index (Phi) is 64.2. The summed E-state index contributed by atoms with van der Waals surface area (Å²) in [7, 11) is 0. The molecule has 5 heavy (non-hydrogen) atoms. The minimum atomic E-state index is 0. The maximum absolute atomic E-state index is 8.68. The summed E-state index contributed by atoms with van der Waals surface area (Å²) in [5.74, 6) is 0. The monoisotopic (exact) mass is 139 g/mol. The minimum absolute atomic E-state index is 0. The van der Waals surface area contributed by atoms with Gasteiger partial charge in [0.25, 0.3) is 0 Å². The van der Waals surface area contributed by atoms with Crippen molar-refractivity contribution in [3.63, 3.8) is 0 Å². The van der Waals surface area contributed by atoms with E-state index in [9.17, 15) is 0 Å². The molecule has 0 radical (unpaired) electrons. The molecule has 0 fully saturated rings. The first-order chi connectivity index (χ1) is 1.41. The van der Waals surface area contributed by atoms with E-state index >= 15 is 0 Å². The van der Waals surface area contributed by atoms with Crippen LogP contribution in [0.15, 0.2) is 0 Å². The zero-order valence-corrected chi connectivity index (χ0v) is 6.03. The third kappa shape index (κ3) is 40.6. The molecule has 0 aliphatic heterocycles. The van der Waals surface area contributed by atoms with Gasteiger partial charge in [-0.2, -0.15) is 6.92 Å². The number of hydrogen-bond donors (Lipinski definition) is 0. The van der Waals surface area contributed by atoms with E-state index in [0.29, 0.717) is 0 Å². The molecule has 26 valence electrons. The number of hydrogen-bond acceptors (Lipinski definition) is 1. The van der Waals surface area contributed by atoms with Crippen molar-refractivity contribution in [1.29, 1.82) is 0 Å². The first-order valence-electron chi connectivity index (χ1n) is 0.704. The van der Waals surface area contributed by atoms with E-state index in [2.05, 4.69) is 0 Å². The Morgan fingerprint density at radius 3 is 1.40 bits per heavy atom. The second kappa shape index (κ2) is 19.4. The molecule has 0 atom stereocenters. The van der Waals surface area contributed by atoms with E-state index in [1.165, 1.54) is 13.2 Å². The molecule has 0 heterocycles. The molecular formula is C2H3OTi2-. The SMILES string of the molecule is C[C-]=O.[Ti].[Ti]. The zero-order chi connectivity index (χ0) is 2.71. The van der Waals surface area contributed by atoms with Gasteiger partial charge in [-0.05, 0) is 0 Å². The summed E-state index contributed by atoms with van der Waals surface area (Å²) < 4.78 is 0. The molecule has 0 aliphatic carbocycles. The van der Waals surface area contributed by atoms with Crippen LogP contribution in [0.5, 0.6) is 0 Å². The Hall–Kier alpha value is 1.10. The molecular weight excluding hydrogens is 136 g/mol. The van der Waals surface area contributed by atoms with Gasteiger partial charge >= 0.3 is 0 Å². The molecule has 0 rings (SSSR count). The molecule has 1 nitrogen and oxygen atoms in total. The first-order valence-corrected chi connectivity index (χ1v) is 0.704. The van der Waals surface area contributed by atoms with Crippen LogP contribution in [-0.4, -0.2) is 6.29 Å². The molecule has 0 amide bonds. The van der Waals surface area contributed by atoms with Gasteiger partial charge in [-0.3, -0.25) is 6.29 Å². The second-order valence-corrected chi connectivity index (χ2v) is 0.204. The van der Waals surface area contributed by atoms with Crippen LogP contribution in [0.4, 0.5) is 0 Å². The first kappa shape index (κ1) is 16.5. The third-order valence-electron chi connectivity index (χ3n) is 0. The van der Waals surface area contributed by atoms with E-state index in [1.54, 1.807) is 0 Å². The van der Waals surface area contributed by atoms with Crippen LogP contribution in [0.25, 0.3) is 0 Å². The van der Waals surface area contributed by atoms with Crippen molar-refractivity contribution in [2.45, 2.75) is 6.92 Å². The topological polar surface area (TPSA) is 17.1 Å². The van der Waals surface area contributed by atoms with Gasteiger partial charge in [0.15, 0.2) is 0 Å². The quantitative estimate of drug-likeness (QED) is 0.343. The maximum atomic E-state index is 8.68. The molecule has 0 saturated heterocycles. The zero-order valence-electron chi connectivity index (χ0n) is 2.91. The average molecular weight is 139 g/mol. The Morgan fingerprint density at radius 1 is 1.40 bits per heavy atom. The molecule has 0 aromatic carbocycles. The molecule has 0 unspecified atom stereocenters. The molecule has 0 N–H and O–H groups in total. The van der Waals surface area contributed by atoms with Crippen LogP contribution < -0.4 is 0 Å². The largest absolute Gasteiger partial charge is 0.542 e. The summed E-state index contributed by atoms with van der Waals surface area (Å²) >= 11 is 0. The van der Waals surface area contributed by atoms with Crippen molar-refractivity contribution in [2.75, 3.05) is 0 Å². The van der Waals surface area contributed by atoms with Crippen molar-refractivity contribution in [3.05, 3.63) is 0 Å². The van der Waals surface area contributed by atoms with E-state index in [-0.39, 0.29) is 43.4 Å². The summed E-state index contributed by atoms with van der Waals surface area (Å²) in [5.41, 5.74) is 0. The van der Waals surface area contributed by atoms with Crippen molar-refractivity contribution in [2.24, 2.45) is 0 Å². The Morgan fingerprint density at radius 2 is 1.40 bits per heavy atom. The van der Waals surface area contributed by atoms with E-state index in [4.69, 9.17) is 4.79 Å². The molecule has 0 aromatic heterocycles. The number of rotatable bonds is 0. The van der Waals surface area contributed by atoms with Gasteiger partial charge < -0.3 is 4.79 Å². The Labute approximate surface area is 61.3 Å². The summed E-state index contributed by atoms with van der Waals surface area (Å²) in [6, 6.07) is 0. The Bertz CT molecular complexity index is 15.1. The normalized spacial score (nSPS) is 2.60. The van der Waals surface area contributed by atoms with Crippen molar-refractivity contribution < 1.29 is 48.2 Å². The van der Waals surface area contributed by atoms with Crippen LogP contribution in [0.2, 0.25) is 0 Å². The predicted molar refractivity (Wildman–Crippen MR) is 11.4 cm³/mol. The van der Waals surface area contributed by atoms with Crippen molar-refractivity contribution in [1.82, 2.24) is 0 Å². The molecule has 3 heteroatoms. The molecule has 0 aromatic rings. The van der Waals surface area contributed by atoms with Crippen LogP contribution in [0.1, 0.15) is 6.92 Å². The fraction of sp³-hybridized carbons (Fsp3) is 0.500. The summed E-state index contributed by atoms with van der Waals surface area (Å²) in [4.78, 5) is 8.68. The van der Waals surface area contributed by atoms with Crippen LogP contribution in [0, 0.1) is 0 Å². The maximum Gasteiger partial charge on any atom is 0 e. The van der Waals surface area contributed by atoms with E-state index in [0.717, 1.165) is 0 Å². The van der Waals surface area contributed by atoms with E-state index in [1.807, 2.05) is 0 Å². The van der Waals surface area contributed by atoms with E-state index < -0.39 is 0 Å². The fourth-order valence-electron chi connectivity index (χ4n) is 0. The standard InChI is InChI=1S/C2H3O.2Ti/c1-2-3;;/h1H3;;/q-1;;. The summed E-state index contributed by atoms with van der Waals surface area (Å²) in [6.45, 7) is 1.32.